The molecule has 0 unspecified atom stereocenters. The number of aromatic nitrogens is 2. The summed E-state index contributed by atoms with van der Waals surface area (Å²) in [5.41, 5.74) is 0.716. The number of amides is 1. The zero-order valence-corrected chi connectivity index (χ0v) is 9.88. The molecule has 5 heteroatoms. The topological polar surface area (TPSA) is 46.1 Å². The monoisotopic (exact) mass is 245 g/mol. The van der Waals surface area contributed by atoms with E-state index in [4.69, 9.17) is 0 Å². The highest BCUT2D eigenvalue weighted by atomic mass is 19.1. The molecule has 0 aliphatic heterocycles. The van der Waals surface area contributed by atoms with Crippen molar-refractivity contribution in [1.82, 2.24) is 14.9 Å². The molecule has 0 saturated heterocycles. The van der Waals surface area contributed by atoms with Crippen LogP contribution >= 0.6 is 0 Å². The van der Waals surface area contributed by atoms with Crippen molar-refractivity contribution >= 4 is 5.91 Å². The highest BCUT2D eigenvalue weighted by Crippen LogP contribution is 2.10. The maximum Gasteiger partial charge on any atom is 0.274 e. The Kier molecular flexibility index (Phi) is 3.62. The second kappa shape index (κ2) is 5.35. The Bertz CT molecular complexity index is 545. The van der Waals surface area contributed by atoms with E-state index in [2.05, 4.69) is 9.97 Å². The van der Waals surface area contributed by atoms with E-state index < -0.39 is 0 Å². The normalized spacial score (nSPS) is 10.1. The summed E-state index contributed by atoms with van der Waals surface area (Å²) >= 11 is 0. The molecule has 18 heavy (non-hydrogen) atoms. The van der Waals surface area contributed by atoms with E-state index in [0.717, 1.165) is 0 Å². The summed E-state index contributed by atoms with van der Waals surface area (Å²) in [6.07, 6.45) is 4.33. The molecule has 4 nitrogen and oxygen atoms in total. The van der Waals surface area contributed by atoms with Crippen molar-refractivity contribution in [3.8, 4) is 0 Å². The average Bonchev–Trinajstić information content (AvgIpc) is 2.41. The molecule has 0 bridgehead atoms. The number of nitrogens with zero attached hydrogens (tertiary/aromatic N) is 3. The number of benzene rings is 1. The molecule has 0 radical (unpaired) electrons. The largest absolute Gasteiger partial charge is 0.336 e. The van der Waals surface area contributed by atoms with E-state index in [1.807, 2.05) is 0 Å². The van der Waals surface area contributed by atoms with Crippen LogP contribution in [0.2, 0.25) is 0 Å². The number of hydrogen-bond acceptors (Lipinski definition) is 3. The van der Waals surface area contributed by atoms with E-state index in [-0.39, 0.29) is 24.0 Å². The van der Waals surface area contributed by atoms with Gasteiger partial charge in [0.05, 0.1) is 6.20 Å². The number of halogens is 1. The van der Waals surface area contributed by atoms with Crippen LogP contribution < -0.4 is 0 Å². The predicted octanol–water partition coefficient (Wildman–Crippen LogP) is 1.89. The number of rotatable bonds is 3. The van der Waals surface area contributed by atoms with Gasteiger partial charge in [0.15, 0.2) is 0 Å². The van der Waals surface area contributed by atoms with E-state index in [1.165, 1.54) is 29.6 Å². The Morgan fingerprint density at radius 2 is 2.11 bits per heavy atom. The summed E-state index contributed by atoms with van der Waals surface area (Å²) in [6, 6.07) is 6.37. The maximum atomic E-state index is 13.4. The van der Waals surface area contributed by atoms with Gasteiger partial charge in [0, 0.05) is 31.5 Å². The Morgan fingerprint density at radius 3 is 2.78 bits per heavy atom. The Hall–Kier alpha value is -2.30. The fourth-order valence-corrected chi connectivity index (χ4v) is 1.56. The number of hydrogen-bond donors (Lipinski definition) is 0. The molecule has 0 fully saturated rings. The van der Waals surface area contributed by atoms with E-state index in [9.17, 15) is 9.18 Å². The van der Waals surface area contributed by atoms with Gasteiger partial charge < -0.3 is 4.90 Å². The summed E-state index contributed by atoms with van der Waals surface area (Å²) < 4.78 is 13.4. The van der Waals surface area contributed by atoms with Gasteiger partial charge in [0.1, 0.15) is 11.5 Å². The van der Waals surface area contributed by atoms with Gasteiger partial charge in [0.2, 0.25) is 0 Å². The first kappa shape index (κ1) is 12.2. The summed E-state index contributed by atoms with van der Waals surface area (Å²) in [5, 5.41) is 0. The van der Waals surface area contributed by atoms with E-state index in [1.54, 1.807) is 25.2 Å². The van der Waals surface area contributed by atoms with Gasteiger partial charge in [-0.05, 0) is 6.07 Å². The Labute approximate surface area is 104 Å². The lowest BCUT2D eigenvalue weighted by Gasteiger charge is -2.16. The van der Waals surface area contributed by atoms with Crippen LogP contribution in [-0.2, 0) is 6.54 Å². The fourth-order valence-electron chi connectivity index (χ4n) is 1.56. The van der Waals surface area contributed by atoms with Crippen molar-refractivity contribution in [2.24, 2.45) is 0 Å². The van der Waals surface area contributed by atoms with Gasteiger partial charge in [-0.1, -0.05) is 18.2 Å². The van der Waals surface area contributed by atoms with Crippen molar-refractivity contribution in [3.05, 3.63) is 59.9 Å². The molecule has 0 spiro atoms. The molecule has 0 saturated carbocycles. The SMILES string of the molecule is CN(Cc1ccccc1F)C(=O)c1cnccn1. The second-order valence-electron chi connectivity index (χ2n) is 3.84. The van der Waals surface area contributed by atoms with Gasteiger partial charge in [-0.2, -0.15) is 0 Å². The van der Waals surface area contributed by atoms with Gasteiger partial charge in [-0.3, -0.25) is 9.78 Å². The number of carbonyl (C=O) groups excluding carboxylic acids is 1. The zero-order chi connectivity index (χ0) is 13.0. The fraction of sp³-hybridized carbons (Fsp3) is 0.154. The molecule has 2 rings (SSSR count). The molecular formula is C13H12FN3O. The second-order valence-corrected chi connectivity index (χ2v) is 3.84. The minimum absolute atomic E-state index is 0.197. The summed E-state index contributed by atoms with van der Waals surface area (Å²) in [4.78, 5) is 21.1. The van der Waals surface area contributed by atoms with Crippen LogP contribution in [0.15, 0.2) is 42.9 Å². The Morgan fingerprint density at radius 1 is 1.33 bits per heavy atom. The van der Waals surface area contributed by atoms with Gasteiger partial charge in [-0.25, -0.2) is 9.37 Å². The third kappa shape index (κ3) is 2.68. The van der Waals surface area contributed by atoms with Crippen LogP contribution in [0.4, 0.5) is 4.39 Å². The van der Waals surface area contributed by atoms with Crippen LogP contribution in [0.5, 0.6) is 0 Å². The summed E-state index contributed by atoms with van der Waals surface area (Å²) in [5.74, 6) is -0.609. The predicted molar refractivity (Wildman–Crippen MR) is 64.2 cm³/mol. The molecule has 0 aliphatic carbocycles. The highest BCUT2D eigenvalue weighted by molar-refractivity contribution is 5.91. The van der Waals surface area contributed by atoms with Crippen LogP contribution in [0.1, 0.15) is 16.1 Å². The summed E-state index contributed by atoms with van der Waals surface area (Å²) in [7, 11) is 1.60. The third-order valence-corrected chi connectivity index (χ3v) is 2.49. The first-order chi connectivity index (χ1) is 8.68. The summed E-state index contributed by atoms with van der Waals surface area (Å²) in [6.45, 7) is 0.197. The van der Waals surface area contributed by atoms with Gasteiger partial charge in [-0.15, -0.1) is 0 Å². The van der Waals surface area contributed by atoms with Gasteiger partial charge in [0.25, 0.3) is 5.91 Å². The molecule has 2 aromatic rings. The zero-order valence-electron chi connectivity index (χ0n) is 9.88. The molecular weight excluding hydrogens is 233 g/mol. The molecule has 0 aliphatic rings. The lowest BCUT2D eigenvalue weighted by atomic mass is 10.2. The first-order valence-corrected chi connectivity index (χ1v) is 5.43. The van der Waals surface area contributed by atoms with Crippen molar-refractivity contribution in [2.75, 3.05) is 7.05 Å². The number of carbonyl (C=O) groups is 1. The smallest absolute Gasteiger partial charge is 0.274 e. The minimum atomic E-state index is -0.323. The lowest BCUT2D eigenvalue weighted by Crippen LogP contribution is -2.27. The molecule has 1 aromatic carbocycles. The minimum Gasteiger partial charge on any atom is -0.336 e. The van der Waals surface area contributed by atoms with Crippen molar-refractivity contribution in [3.63, 3.8) is 0 Å². The van der Waals surface area contributed by atoms with E-state index >= 15 is 0 Å². The van der Waals surface area contributed by atoms with Crippen LogP contribution in [0.25, 0.3) is 0 Å². The third-order valence-electron chi connectivity index (χ3n) is 2.49. The van der Waals surface area contributed by atoms with Crippen molar-refractivity contribution in [2.45, 2.75) is 6.54 Å². The van der Waals surface area contributed by atoms with Crippen LogP contribution in [0.3, 0.4) is 0 Å². The Balaban J connectivity index is 2.11. The molecule has 0 N–H and O–H groups in total. The molecule has 0 atom stereocenters. The van der Waals surface area contributed by atoms with Crippen molar-refractivity contribution < 1.29 is 9.18 Å². The molecule has 92 valence electrons. The van der Waals surface area contributed by atoms with Crippen LogP contribution in [0, 0.1) is 5.82 Å². The lowest BCUT2D eigenvalue weighted by molar-refractivity contribution is 0.0777. The van der Waals surface area contributed by atoms with Crippen molar-refractivity contribution in [1.29, 1.82) is 0 Å². The standard InChI is InChI=1S/C13H12FN3O/c1-17(9-10-4-2-3-5-11(10)14)13(18)12-8-15-6-7-16-12/h2-8H,9H2,1H3. The molecule has 1 amide bonds. The first-order valence-electron chi connectivity index (χ1n) is 5.43. The quantitative estimate of drug-likeness (QED) is 0.829. The average molecular weight is 245 g/mol. The molecule has 1 aromatic heterocycles. The van der Waals surface area contributed by atoms with E-state index in [0.29, 0.717) is 5.56 Å². The van der Waals surface area contributed by atoms with Gasteiger partial charge >= 0.3 is 0 Å². The molecule has 1 heterocycles. The maximum absolute atomic E-state index is 13.4. The van der Waals surface area contributed by atoms with Crippen LogP contribution in [-0.4, -0.2) is 27.8 Å². The highest BCUT2D eigenvalue weighted by Gasteiger charge is 2.14.